The third-order valence-electron chi connectivity index (χ3n) is 2.54. The van der Waals surface area contributed by atoms with E-state index in [1.54, 1.807) is 19.1 Å². The number of hydrogen-bond acceptors (Lipinski definition) is 5. The van der Waals surface area contributed by atoms with Crippen molar-refractivity contribution in [2.24, 2.45) is 0 Å². The number of carbonyl (C=O) groups is 1. The Kier molecular flexibility index (Phi) is 3.34. The Morgan fingerprint density at radius 2 is 1.89 bits per heavy atom. The summed E-state index contributed by atoms with van der Waals surface area (Å²) in [6.07, 6.45) is 0. The summed E-state index contributed by atoms with van der Waals surface area (Å²) in [4.78, 5) is 19.9. The zero-order valence-electron chi connectivity index (χ0n) is 10.2. The maximum atomic E-state index is 11.6. The van der Waals surface area contributed by atoms with Gasteiger partial charge >= 0.3 is 5.97 Å². The maximum absolute atomic E-state index is 11.6. The summed E-state index contributed by atoms with van der Waals surface area (Å²) in [5.41, 5.74) is 2.33. The van der Waals surface area contributed by atoms with Gasteiger partial charge in [-0.1, -0.05) is 11.6 Å². The van der Waals surface area contributed by atoms with Crippen molar-refractivity contribution in [2.75, 3.05) is 14.2 Å². The number of hydrogen-bond donors (Lipinski definition) is 0. The molecule has 94 valence electrons. The molecule has 1 aromatic carbocycles. The predicted molar refractivity (Wildman–Crippen MR) is 67.2 cm³/mol. The molecule has 0 aliphatic rings. The zero-order valence-corrected chi connectivity index (χ0v) is 10.9. The van der Waals surface area contributed by atoms with E-state index in [1.807, 2.05) is 0 Å². The van der Waals surface area contributed by atoms with E-state index in [0.717, 1.165) is 5.56 Å². The first kappa shape index (κ1) is 12.6. The van der Waals surface area contributed by atoms with Crippen LogP contribution < -0.4 is 4.74 Å². The average molecular weight is 267 g/mol. The third-order valence-corrected chi connectivity index (χ3v) is 2.78. The number of aryl methyl sites for hydroxylation is 1. The number of fused-ring (bicyclic) bond motifs is 1. The number of rotatable bonds is 2. The number of benzene rings is 1. The molecule has 2 rings (SSSR count). The summed E-state index contributed by atoms with van der Waals surface area (Å²) in [5.74, 6) is -0.155. The maximum Gasteiger partial charge on any atom is 0.338 e. The molecule has 0 saturated carbocycles. The first-order chi connectivity index (χ1) is 8.56. The Balaban J connectivity index is 2.68. The van der Waals surface area contributed by atoms with E-state index in [-0.39, 0.29) is 11.0 Å². The topological polar surface area (TPSA) is 61.3 Å². The van der Waals surface area contributed by atoms with E-state index in [2.05, 4.69) is 9.97 Å². The predicted octanol–water partition coefficient (Wildman–Crippen LogP) is 2.39. The van der Waals surface area contributed by atoms with Gasteiger partial charge in [0.15, 0.2) is 5.15 Å². The number of ether oxygens (including phenoxy) is 2. The normalized spacial score (nSPS) is 10.4. The Labute approximate surface area is 109 Å². The quantitative estimate of drug-likeness (QED) is 0.781. The number of methoxy groups -OCH3 is 2. The Hall–Kier alpha value is -1.88. The second-order valence-electron chi connectivity index (χ2n) is 3.67. The number of halogens is 1. The van der Waals surface area contributed by atoms with Gasteiger partial charge in [0.2, 0.25) is 0 Å². The summed E-state index contributed by atoms with van der Waals surface area (Å²) in [5, 5.41) is 0.157. The van der Waals surface area contributed by atoms with Crippen LogP contribution in [-0.2, 0) is 4.74 Å². The van der Waals surface area contributed by atoms with Gasteiger partial charge in [0.05, 0.1) is 30.8 Å². The van der Waals surface area contributed by atoms with Crippen LogP contribution in [0, 0.1) is 6.92 Å². The van der Waals surface area contributed by atoms with Gasteiger partial charge in [-0.25, -0.2) is 14.8 Å². The van der Waals surface area contributed by atoms with Crippen molar-refractivity contribution in [3.63, 3.8) is 0 Å². The number of carbonyl (C=O) groups excluding carboxylic acids is 1. The fourth-order valence-corrected chi connectivity index (χ4v) is 1.84. The zero-order chi connectivity index (χ0) is 13.3. The first-order valence-electron chi connectivity index (χ1n) is 5.17. The molecule has 0 saturated heterocycles. The van der Waals surface area contributed by atoms with Crippen molar-refractivity contribution in [3.8, 4) is 5.88 Å². The number of aromatic nitrogens is 2. The molecular formula is C12H11ClN2O3. The van der Waals surface area contributed by atoms with Gasteiger partial charge in [0.1, 0.15) is 0 Å². The molecule has 0 spiro atoms. The summed E-state index contributed by atoms with van der Waals surface area (Å²) in [7, 11) is 2.80. The highest BCUT2D eigenvalue weighted by molar-refractivity contribution is 6.31. The molecule has 0 aliphatic carbocycles. The molecule has 0 fully saturated rings. The SMILES string of the molecule is COC(=O)c1cc2nc(Cl)c(OC)nc2cc1C. The molecule has 1 heterocycles. The van der Waals surface area contributed by atoms with E-state index in [0.29, 0.717) is 16.6 Å². The molecule has 5 nitrogen and oxygen atoms in total. The van der Waals surface area contributed by atoms with Crippen molar-refractivity contribution < 1.29 is 14.3 Å². The van der Waals surface area contributed by atoms with Crippen LogP contribution in [-0.4, -0.2) is 30.2 Å². The summed E-state index contributed by atoms with van der Waals surface area (Å²) < 4.78 is 9.69. The molecule has 0 amide bonds. The number of nitrogens with zero attached hydrogens (tertiary/aromatic N) is 2. The lowest BCUT2D eigenvalue weighted by Gasteiger charge is -2.07. The Bertz CT molecular complexity index is 628. The van der Waals surface area contributed by atoms with Gasteiger partial charge < -0.3 is 9.47 Å². The molecule has 0 N–H and O–H groups in total. The number of esters is 1. The summed E-state index contributed by atoms with van der Waals surface area (Å²) in [6, 6.07) is 3.35. The summed E-state index contributed by atoms with van der Waals surface area (Å²) in [6.45, 7) is 1.80. The van der Waals surface area contributed by atoms with Crippen molar-refractivity contribution in [1.29, 1.82) is 0 Å². The van der Waals surface area contributed by atoms with E-state index in [1.165, 1.54) is 14.2 Å². The molecule has 18 heavy (non-hydrogen) atoms. The van der Waals surface area contributed by atoms with Crippen molar-refractivity contribution in [3.05, 3.63) is 28.4 Å². The first-order valence-corrected chi connectivity index (χ1v) is 5.54. The Morgan fingerprint density at radius 1 is 1.22 bits per heavy atom. The van der Waals surface area contributed by atoms with E-state index >= 15 is 0 Å². The minimum Gasteiger partial charge on any atom is -0.479 e. The minimum atomic E-state index is -0.414. The van der Waals surface area contributed by atoms with E-state index in [4.69, 9.17) is 21.1 Å². The van der Waals surface area contributed by atoms with Crippen LogP contribution in [0.15, 0.2) is 12.1 Å². The van der Waals surface area contributed by atoms with Crippen LogP contribution in [0.2, 0.25) is 5.15 Å². The van der Waals surface area contributed by atoms with Crippen LogP contribution in [0.1, 0.15) is 15.9 Å². The van der Waals surface area contributed by atoms with Crippen molar-refractivity contribution >= 4 is 28.6 Å². The highest BCUT2D eigenvalue weighted by Crippen LogP contribution is 2.25. The fraction of sp³-hybridized carbons (Fsp3) is 0.250. The second kappa shape index (κ2) is 4.78. The largest absolute Gasteiger partial charge is 0.479 e. The van der Waals surface area contributed by atoms with Gasteiger partial charge in [-0.15, -0.1) is 0 Å². The molecule has 0 unspecified atom stereocenters. The molecule has 0 aliphatic heterocycles. The molecule has 0 atom stereocenters. The van der Waals surface area contributed by atoms with Gasteiger partial charge in [-0.05, 0) is 24.6 Å². The molecule has 2 aromatic rings. The average Bonchev–Trinajstić information content (AvgIpc) is 2.37. The minimum absolute atomic E-state index is 0.157. The van der Waals surface area contributed by atoms with Gasteiger partial charge in [0.25, 0.3) is 5.88 Å². The highest BCUT2D eigenvalue weighted by atomic mass is 35.5. The molecule has 6 heteroatoms. The molecule has 1 aromatic heterocycles. The van der Waals surface area contributed by atoms with E-state index < -0.39 is 5.97 Å². The molecular weight excluding hydrogens is 256 g/mol. The van der Waals surface area contributed by atoms with Crippen LogP contribution in [0.4, 0.5) is 0 Å². The van der Waals surface area contributed by atoms with Crippen LogP contribution in [0.25, 0.3) is 11.0 Å². The van der Waals surface area contributed by atoms with Crippen LogP contribution in [0.3, 0.4) is 0 Å². The smallest absolute Gasteiger partial charge is 0.338 e. The van der Waals surface area contributed by atoms with Gasteiger partial charge in [-0.2, -0.15) is 0 Å². The van der Waals surface area contributed by atoms with Crippen molar-refractivity contribution in [2.45, 2.75) is 6.92 Å². The lowest BCUT2D eigenvalue weighted by Crippen LogP contribution is -2.04. The van der Waals surface area contributed by atoms with Crippen LogP contribution >= 0.6 is 11.6 Å². The van der Waals surface area contributed by atoms with E-state index in [9.17, 15) is 4.79 Å². The van der Waals surface area contributed by atoms with Crippen LogP contribution in [0.5, 0.6) is 5.88 Å². The summed E-state index contributed by atoms with van der Waals surface area (Å²) >= 11 is 5.89. The monoisotopic (exact) mass is 266 g/mol. The van der Waals surface area contributed by atoms with Gasteiger partial charge in [0, 0.05) is 0 Å². The third kappa shape index (κ3) is 2.09. The lowest BCUT2D eigenvalue weighted by atomic mass is 10.1. The standard InChI is InChI=1S/C12H11ClN2O3/c1-6-4-8-9(5-7(6)12(16)18-3)14-10(13)11(15-8)17-2/h4-5H,1-3H3. The molecule has 0 radical (unpaired) electrons. The Morgan fingerprint density at radius 3 is 2.50 bits per heavy atom. The fourth-order valence-electron chi connectivity index (χ4n) is 1.63. The van der Waals surface area contributed by atoms with Gasteiger partial charge in [-0.3, -0.25) is 0 Å². The molecule has 0 bridgehead atoms. The van der Waals surface area contributed by atoms with Crippen molar-refractivity contribution in [1.82, 2.24) is 9.97 Å². The second-order valence-corrected chi connectivity index (χ2v) is 4.03. The lowest BCUT2D eigenvalue weighted by molar-refractivity contribution is 0.0600. The highest BCUT2D eigenvalue weighted by Gasteiger charge is 2.14.